The van der Waals surface area contributed by atoms with Gasteiger partial charge in [0, 0.05) is 24.0 Å². The molecule has 3 aromatic heterocycles. The number of hydrogen-bond donors (Lipinski definition) is 2. The fraction of sp³-hybridized carbons (Fsp3) is 0.158. The number of hydrogen-bond acceptors (Lipinski definition) is 4. The summed E-state index contributed by atoms with van der Waals surface area (Å²) in [6, 6.07) is 7.56. The lowest BCUT2D eigenvalue weighted by Gasteiger charge is -2.10. The minimum absolute atomic E-state index is 0.0168. The maximum absolute atomic E-state index is 12.3. The monoisotopic (exact) mass is 346 g/mol. The van der Waals surface area contributed by atoms with Gasteiger partial charge in [0.2, 0.25) is 0 Å². The van der Waals surface area contributed by atoms with Crippen LogP contribution in [-0.2, 0) is 0 Å². The zero-order chi connectivity index (χ0) is 17.9. The molecule has 0 radical (unpaired) electrons. The Morgan fingerprint density at radius 1 is 1.35 bits per heavy atom. The van der Waals surface area contributed by atoms with Crippen LogP contribution >= 0.6 is 0 Å². The Morgan fingerprint density at radius 3 is 3.12 bits per heavy atom. The van der Waals surface area contributed by atoms with E-state index in [-0.39, 0.29) is 11.9 Å². The number of amides is 1. The number of aromatic amines is 1. The molecule has 0 spiro atoms. The van der Waals surface area contributed by atoms with Crippen LogP contribution in [0.3, 0.4) is 0 Å². The van der Waals surface area contributed by atoms with E-state index in [2.05, 4.69) is 25.3 Å². The molecule has 0 bridgehead atoms. The molecular formula is C19H18N6O. The molecule has 3 heterocycles. The number of para-hydroxylation sites is 2. The number of benzene rings is 1. The van der Waals surface area contributed by atoms with Gasteiger partial charge in [0.15, 0.2) is 11.5 Å². The minimum atomic E-state index is -0.205. The second-order valence-electron chi connectivity index (χ2n) is 6.16. The van der Waals surface area contributed by atoms with Gasteiger partial charge >= 0.3 is 0 Å². The molecule has 7 heteroatoms. The Morgan fingerprint density at radius 2 is 2.23 bits per heavy atom. The summed E-state index contributed by atoms with van der Waals surface area (Å²) in [5.74, 6) is 0.125. The quantitative estimate of drug-likeness (QED) is 0.582. The van der Waals surface area contributed by atoms with Crippen molar-refractivity contribution in [1.29, 1.82) is 0 Å². The number of nitrogens with one attached hydrogen (secondary N) is 2. The van der Waals surface area contributed by atoms with Gasteiger partial charge < -0.3 is 10.3 Å². The van der Waals surface area contributed by atoms with E-state index in [9.17, 15) is 4.79 Å². The highest BCUT2D eigenvalue weighted by Crippen LogP contribution is 2.10. The highest BCUT2D eigenvalue weighted by Gasteiger charge is 2.13. The van der Waals surface area contributed by atoms with E-state index in [1.54, 1.807) is 18.7 Å². The molecule has 0 aliphatic rings. The Labute approximate surface area is 149 Å². The van der Waals surface area contributed by atoms with Gasteiger partial charge in [-0.25, -0.2) is 15.0 Å². The van der Waals surface area contributed by atoms with Gasteiger partial charge in [0.25, 0.3) is 5.91 Å². The van der Waals surface area contributed by atoms with Gasteiger partial charge in [0.05, 0.1) is 17.2 Å². The first kappa shape index (κ1) is 16.0. The summed E-state index contributed by atoms with van der Waals surface area (Å²) in [7, 11) is 0. The number of imidazole rings is 2. The largest absolute Gasteiger partial charge is 0.347 e. The predicted molar refractivity (Wildman–Crippen MR) is 99.7 cm³/mol. The lowest BCUT2D eigenvalue weighted by atomic mass is 10.2. The Kier molecular flexibility index (Phi) is 4.18. The molecule has 4 aromatic rings. The summed E-state index contributed by atoms with van der Waals surface area (Å²) in [5.41, 5.74) is 3.43. The molecular weight excluding hydrogens is 328 g/mol. The number of aromatic nitrogens is 5. The molecule has 0 aliphatic carbocycles. The van der Waals surface area contributed by atoms with E-state index < -0.39 is 0 Å². The summed E-state index contributed by atoms with van der Waals surface area (Å²) in [4.78, 5) is 28.0. The number of rotatable bonds is 5. The van der Waals surface area contributed by atoms with Crippen LogP contribution in [0.25, 0.3) is 22.8 Å². The summed E-state index contributed by atoms with van der Waals surface area (Å²) in [6.45, 7) is 1.96. The van der Waals surface area contributed by atoms with Crippen LogP contribution in [0.5, 0.6) is 0 Å². The van der Waals surface area contributed by atoms with E-state index >= 15 is 0 Å². The van der Waals surface area contributed by atoms with Gasteiger partial charge in [-0.3, -0.25) is 9.20 Å². The third kappa shape index (κ3) is 3.32. The third-order valence-corrected chi connectivity index (χ3v) is 4.06. The molecule has 4 rings (SSSR count). The van der Waals surface area contributed by atoms with Crippen LogP contribution in [0, 0.1) is 0 Å². The first-order valence-corrected chi connectivity index (χ1v) is 8.39. The summed E-state index contributed by atoms with van der Waals surface area (Å²) in [6.07, 6.45) is 11.9. The van der Waals surface area contributed by atoms with Gasteiger partial charge in [-0.2, -0.15) is 0 Å². The average molecular weight is 346 g/mol. The smallest absolute Gasteiger partial charge is 0.287 e. The molecule has 0 aliphatic heterocycles. The number of fused-ring (bicyclic) bond motifs is 2. The molecule has 2 N–H and O–H groups in total. The van der Waals surface area contributed by atoms with Crippen LogP contribution < -0.4 is 5.32 Å². The summed E-state index contributed by atoms with van der Waals surface area (Å²) in [5, 5.41) is 2.95. The normalized spacial score (nSPS) is 12.8. The van der Waals surface area contributed by atoms with E-state index in [0.717, 1.165) is 22.2 Å². The van der Waals surface area contributed by atoms with Gasteiger partial charge in [-0.05, 0) is 25.5 Å². The van der Waals surface area contributed by atoms with Crippen LogP contribution in [-0.4, -0.2) is 36.3 Å². The first-order chi connectivity index (χ1) is 12.7. The zero-order valence-electron chi connectivity index (χ0n) is 14.3. The standard InChI is InChI=1S/C19H18N6O/c1-13(5-4-6-14-9-21-17-10-20-12-25(17)11-14)22-19(26)18-23-15-7-2-3-8-16(15)24-18/h2-4,6-13H,5H2,1H3,(H,22,26)(H,23,24)/b6-4+/t13-/m0/s1. The lowest BCUT2D eigenvalue weighted by molar-refractivity contribution is 0.0931. The molecule has 1 aromatic carbocycles. The molecule has 0 unspecified atom stereocenters. The minimum Gasteiger partial charge on any atom is -0.347 e. The molecule has 1 atom stereocenters. The van der Waals surface area contributed by atoms with Crippen molar-refractivity contribution in [2.75, 3.05) is 0 Å². The highest BCUT2D eigenvalue weighted by molar-refractivity contribution is 5.94. The molecule has 0 saturated heterocycles. The molecule has 0 fully saturated rings. The van der Waals surface area contributed by atoms with Crippen molar-refractivity contribution in [3.05, 3.63) is 66.6 Å². The van der Waals surface area contributed by atoms with Crippen molar-refractivity contribution in [3.63, 3.8) is 0 Å². The molecule has 0 saturated carbocycles. The van der Waals surface area contributed by atoms with Crippen LogP contribution in [0.2, 0.25) is 0 Å². The zero-order valence-corrected chi connectivity index (χ0v) is 14.3. The summed E-state index contributed by atoms with van der Waals surface area (Å²) < 4.78 is 1.87. The van der Waals surface area contributed by atoms with Crippen molar-refractivity contribution in [2.24, 2.45) is 0 Å². The number of nitrogens with zero attached hydrogens (tertiary/aromatic N) is 4. The Hall–Kier alpha value is -3.48. The number of carbonyl (C=O) groups excluding carboxylic acids is 1. The molecule has 26 heavy (non-hydrogen) atoms. The Balaban J connectivity index is 1.36. The number of carbonyl (C=O) groups is 1. The van der Waals surface area contributed by atoms with Crippen molar-refractivity contribution in [1.82, 2.24) is 29.7 Å². The fourth-order valence-electron chi connectivity index (χ4n) is 2.74. The van der Waals surface area contributed by atoms with E-state index in [0.29, 0.717) is 12.2 Å². The van der Waals surface area contributed by atoms with Gasteiger partial charge in [0.1, 0.15) is 6.33 Å². The van der Waals surface area contributed by atoms with E-state index in [4.69, 9.17) is 0 Å². The van der Waals surface area contributed by atoms with Gasteiger partial charge in [-0.15, -0.1) is 0 Å². The summed E-state index contributed by atoms with van der Waals surface area (Å²) >= 11 is 0. The van der Waals surface area contributed by atoms with Crippen LogP contribution in [0.15, 0.2) is 55.3 Å². The lowest BCUT2D eigenvalue weighted by Crippen LogP contribution is -2.32. The Bertz CT molecular complexity index is 1060. The van der Waals surface area contributed by atoms with Crippen LogP contribution in [0.1, 0.15) is 29.5 Å². The van der Waals surface area contributed by atoms with Gasteiger partial charge in [-0.1, -0.05) is 24.3 Å². The fourth-order valence-corrected chi connectivity index (χ4v) is 2.74. The topological polar surface area (TPSA) is 88.0 Å². The van der Waals surface area contributed by atoms with Crippen molar-refractivity contribution in [3.8, 4) is 0 Å². The van der Waals surface area contributed by atoms with Crippen molar-refractivity contribution in [2.45, 2.75) is 19.4 Å². The highest BCUT2D eigenvalue weighted by atomic mass is 16.2. The van der Waals surface area contributed by atoms with Crippen LogP contribution in [0.4, 0.5) is 0 Å². The molecule has 1 amide bonds. The predicted octanol–water partition coefficient (Wildman–Crippen LogP) is 2.83. The maximum Gasteiger partial charge on any atom is 0.287 e. The third-order valence-electron chi connectivity index (χ3n) is 4.06. The SMILES string of the molecule is C[C@@H](C/C=C/c1cnc2cncn2c1)NC(=O)c1nc2ccccc2[nH]1. The van der Waals surface area contributed by atoms with Crippen molar-refractivity contribution >= 4 is 28.7 Å². The second-order valence-corrected chi connectivity index (χ2v) is 6.16. The molecule has 130 valence electrons. The molecule has 7 nitrogen and oxygen atoms in total. The van der Waals surface area contributed by atoms with E-state index in [1.165, 1.54) is 0 Å². The second kappa shape index (κ2) is 6.79. The van der Waals surface area contributed by atoms with E-state index in [1.807, 2.05) is 53.9 Å². The maximum atomic E-state index is 12.3. The van der Waals surface area contributed by atoms with Crippen molar-refractivity contribution < 1.29 is 4.79 Å². The first-order valence-electron chi connectivity index (χ1n) is 8.39. The number of H-pyrrole nitrogens is 1. The average Bonchev–Trinajstić information content (AvgIpc) is 3.27.